The van der Waals surface area contributed by atoms with Gasteiger partial charge in [-0.25, -0.2) is 4.79 Å². The van der Waals surface area contributed by atoms with Crippen LogP contribution in [0, 0.1) is 11.8 Å². The molecular formula is C17H34N4O3. The van der Waals surface area contributed by atoms with Crippen molar-refractivity contribution in [3.63, 3.8) is 0 Å². The predicted octanol–water partition coefficient (Wildman–Crippen LogP) is 0.832. The van der Waals surface area contributed by atoms with Crippen LogP contribution in [0.25, 0.3) is 0 Å². The van der Waals surface area contributed by atoms with E-state index in [9.17, 15) is 4.79 Å². The van der Waals surface area contributed by atoms with Crippen molar-refractivity contribution < 1.29 is 14.3 Å². The highest BCUT2D eigenvalue weighted by Gasteiger charge is 2.43. The van der Waals surface area contributed by atoms with Crippen molar-refractivity contribution in [2.24, 2.45) is 34.8 Å². The minimum atomic E-state index is -0.656. The number of ether oxygens (including phenoxy) is 2. The Morgan fingerprint density at radius 1 is 0.833 bits per heavy atom. The summed E-state index contributed by atoms with van der Waals surface area (Å²) < 4.78 is 11.5. The van der Waals surface area contributed by atoms with Gasteiger partial charge >= 0.3 is 6.16 Å². The Bertz CT molecular complexity index is 387. The van der Waals surface area contributed by atoms with Gasteiger partial charge in [0.05, 0.1) is 0 Å². The van der Waals surface area contributed by atoms with Crippen LogP contribution in [0.1, 0.15) is 51.4 Å². The van der Waals surface area contributed by atoms with E-state index in [1.54, 1.807) is 0 Å². The van der Waals surface area contributed by atoms with Crippen LogP contribution in [0.5, 0.6) is 0 Å². The van der Waals surface area contributed by atoms with E-state index in [4.69, 9.17) is 32.4 Å². The molecule has 4 unspecified atom stereocenters. The topological polar surface area (TPSA) is 140 Å². The van der Waals surface area contributed by atoms with E-state index in [1.165, 1.54) is 0 Å². The highest BCUT2D eigenvalue weighted by Crippen LogP contribution is 2.37. The van der Waals surface area contributed by atoms with Gasteiger partial charge in [0.1, 0.15) is 11.2 Å². The van der Waals surface area contributed by atoms with Crippen molar-refractivity contribution in [1.29, 1.82) is 0 Å². The van der Waals surface area contributed by atoms with Gasteiger partial charge in [0.15, 0.2) is 0 Å². The van der Waals surface area contributed by atoms with Gasteiger partial charge in [-0.05, 0) is 76.3 Å². The van der Waals surface area contributed by atoms with Crippen molar-refractivity contribution >= 4 is 6.16 Å². The van der Waals surface area contributed by atoms with Crippen LogP contribution in [0.4, 0.5) is 4.79 Å². The summed E-state index contributed by atoms with van der Waals surface area (Å²) in [5, 5.41) is 0. The lowest BCUT2D eigenvalue weighted by atomic mass is 9.77. The van der Waals surface area contributed by atoms with E-state index in [-0.39, 0.29) is 0 Å². The number of rotatable bonds is 6. The highest BCUT2D eigenvalue weighted by atomic mass is 16.7. The molecule has 0 aromatic heterocycles. The molecule has 0 radical (unpaired) electrons. The zero-order chi connectivity index (χ0) is 17.6. The van der Waals surface area contributed by atoms with Gasteiger partial charge in [-0.2, -0.15) is 0 Å². The minimum Gasteiger partial charge on any atom is -0.426 e. The highest BCUT2D eigenvalue weighted by molar-refractivity contribution is 5.61. The fourth-order valence-corrected chi connectivity index (χ4v) is 4.30. The van der Waals surface area contributed by atoms with E-state index in [0.29, 0.717) is 50.9 Å². The SMILES string of the molecule is NCC1CCCC(CN)(OC(=O)OC2(CN)CCCC(CN)C2)C1. The first kappa shape index (κ1) is 19.4. The standard InChI is InChI=1S/C17H34N4O3/c18-9-13-3-1-5-16(7-13,11-20)23-15(22)24-17(12-21)6-2-4-14(8-17)10-19/h13-14H,1-12,18-21H2. The second-order valence-electron chi connectivity index (χ2n) is 7.62. The Labute approximate surface area is 144 Å². The molecule has 140 valence electrons. The molecule has 0 bridgehead atoms. The lowest BCUT2D eigenvalue weighted by Crippen LogP contribution is -2.51. The Morgan fingerprint density at radius 2 is 1.25 bits per heavy atom. The van der Waals surface area contributed by atoms with Gasteiger partial charge in [-0.3, -0.25) is 0 Å². The maximum atomic E-state index is 12.5. The van der Waals surface area contributed by atoms with Crippen LogP contribution < -0.4 is 22.9 Å². The van der Waals surface area contributed by atoms with Crippen LogP contribution in [-0.2, 0) is 9.47 Å². The molecule has 2 saturated carbocycles. The second-order valence-corrected chi connectivity index (χ2v) is 7.62. The third-order valence-corrected chi connectivity index (χ3v) is 5.82. The lowest BCUT2D eigenvalue weighted by molar-refractivity contribution is -0.106. The summed E-state index contributed by atoms with van der Waals surface area (Å²) in [5.74, 6) is 0.685. The van der Waals surface area contributed by atoms with Gasteiger partial charge in [-0.15, -0.1) is 0 Å². The van der Waals surface area contributed by atoms with E-state index in [0.717, 1.165) is 38.5 Å². The molecule has 0 spiro atoms. The summed E-state index contributed by atoms with van der Waals surface area (Å²) >= 11 is 0. The molecule has 24 heavy (non-hydrogen) atoms. The quantitative estimate of drug-likeness (QED) is 0.524. The Balaban J connectivity index is 1.99. The maximum Gasteiger partial charge on any atom is 0.509 e. The summed E-state index contributed by atoms with van der Waals surface area (Å²) in [6.07, 6.45) is 6.32. The molecule has 7 heteroatoms. The van der Waals surface area contributed by atoms with E-state index in [2.05, 4.69) is 0 Å². The Morgan fingerprint density at radius 3 is 1.58 bits per heavy atom. The summed E-state index contributed by atoms with van der Waals surface area (Å²) in [5.41, 5.74) is 22.1. The van der Waals surface area contributed by atoms with E-state index in [1.807, 2.05) is 0 Å². The monoisotopic (exact) mass is 342 g/mol. The van der Waals surface area contributed by atoms with Crippen LogP contribution in [0.2, 0.25) is 0 Å². The van der Waals surface area contributed by atoms with Crippen LogP contribution in [0.15, 0.2) is 0 Å². The van der Waals surface area contributed by atoms with Crippen LogP contribution >= 0.6 is 0 Å². The summed E-state index contributed by atoms with van der Waals surface area (Å²) in [4.78, 5) is 12.5. The average Bonchev–Trinajstić information content (AvgIpc) is 2.61. The molecule has 7 nitrogen and oxygen atoms in total. The molecule has 2 rings (SSSR count). The molecular weight excluding hydrogens is 308 g/mol. The Kier molecular flexibility index (Phi) is 6.86. The van der Waals surface area contributed by atoms with Crippen LogP contribution in [-0.4, -0.2) is 43.5 Å². The van der Waals surface area contributed by atoms with Crippen molar-refractivity contribution in [2.45, 2.75) is 62.6 Å². The number of carbonyl (C=O) groups is 1. The average molecular weight is 342 g/mol. The van der Waals surface area contributed by atoms with Crippen molar-refractivity contribution in [3.05, 3.63) is 0 Å². The number of hydrogen-bond donors (Lipinski definition) is 4. The van der Waals surface area contributed by atoms with E-state index < -0.39 is 17.4 Å². The molecule has 2 aliphatic rings. The molecule has 0 aromatic carbocycles. The first-order valence-electron chi connectivity index (χ1n) is 9.22. The zero-order valence-corrected chi connectivity index (χ0v) is 14.7. The third-order valence-electron chi connectivity index (χ3n) is 5.82. The predicted molar refractivity (Wildman–Crippen MR) is 93.2 cm³/mol. The fraction of sp³-hybridized carbons (Fsp3) is 0.941. The number of carbonyl (C=O) groups excluding carboxylic acids is 1. The van der Waals surface area contributed by atoms with Gasteiger partial charge in [0.25, 0.3) is 0 Å². The first-order valence-corrected chi connectivity index (χ1v) is 9.22. The maximum absolute atomic E-state index is 12.5. The molecule has 2 aliphatic carbocycles. The first-order chi connectivity index (χ1) is 11.5. The van der Waals surface area contributed by atoms with Crippen LogP contribution in [0.3, 0.4) is 0 Å². The Hall–Kier alpha value is -0.890. The van der Waals surface area contributed by atoms with Gasteiger partial charge in [0, 0.05) is 13.1 Å². The molecule has 4 atom stereocenters. The van der Waals surface area contributed by atoms with Crippen molar-refractivity contribution in [2.75, 3.05) is 26.2 Å². The molecule has 8 N–H and O–H groups in total. The van der Waals surface area contributed by atoms with Crippen molar-refractivity contribution in [1.82, 2.24) is 0 Å². The largest absolute Gasteiger partial charge is 0.509 e. The number of hydrogen-bond acceptors (Lipinski definition) is 7. The molecule has 0 saturated heterocycles. The normalized spacial score (nSPS) is 37.0. The van der Waals surface area contributed by atoms with Crippen molar-refractivity contribution in [3.8, 4) is 0 Å². The number of nitrogens with two attached hydrogens (primary N) is 4. The lowest BCUT2D eigenvalue weighted by Gasteiger charge is -2.42. The third kappa shape index (κ3) is 4.59. The fourth-order valence-electron chi connectivity index (χ4n) is 4.30. The minimum absolute atomic E-state index is 0.291. The molecule has 0 amide bonds. The second kappa shape index (κ2) is 8.47. The van der Waals surface area contributed by atoms with Gasteiger partial charge in [0.2, 0.25) is 0 Å². The molecule has 0 aliphatic heterocycles. The molecule has 2 fully saturated rings. The van der Waals surface area contributed by atoms with Gasteiger partial charge in [-0.1, -0.05) is 0 Å². The van der Waals surface area contributed by atoms with E-state index >= 15 is 0 Å². The zero-order valence-electron chi connectivity index (χ0n) is 14.7. The summed E-state index contributed by atoms with van der Waals surface area (Å²) in [6.45, 7) is 1.76. The summed E-state index contributed by atoms with van der Waals surface area (Å²) in [6, 6.07) is 0. The molecule has 0 aromatic rings. The molecule has 0 heterocycles. The smallest absolute Gasteiger partial charge is 0.426 e. The summed E-state index contributed by atoms with van der Waals surface area (Å²) in [7, 11) is 0. The van der Waals surface area contributed by atoms with Gasteiger partial charge < -0.3 is 32.4 Å².